The summed E-state index contributed by atoms with van der Waals surface area (Å²) in [6.07, 6.45) is 0. The fourth-order valence-electron chi connectivity index (χ4n) is 0.345. The van der Waals surface area contributed by atoms with E-state index in [-0.39, 0.29) is 0 Å². The van der Waals surface area contributed by atoms with Gasteiger partial charge in [-0.05, 0) is 13.6 Å². The minimum atomic E-state index is 0.828. The Balaban J connectivity index is 3.44. The molecule has 0 radical (unpaired) electrons. The van der Waals surface area contributed by atoms with Crippen LogP contribution < -0.4 is 0 Å². The SMILES string of the molecule is B/C(=N/CC)SN=C. The molecular formula is C4H9BN2S. The topological polar surface area (TPSA) is 24.7 Å². The molecule has 0 aliphatic carbocycles. The van der Waals surface area contributed by atoms with Crippen molar-refractivity contribution in [3.63, 3.8) is 0 Å². The van der Waals surface area contributed by atoms with Crippen LogP contribution in [-0.2, 0) is 0 Å². The van der Waals surface area contributed by atoms with Crippen molar-refractivity contribution < 1.29 is 0 Å². The number of nitrogens with zero attached hydrogens (tertiary/aromatic N) is 2. The largest absolute Gasteiger partial charge is 0.292 e. The van der Waals surface area contributed by atoms with E-state index in [1.807, 2.05) is 14.8 Å². The zero-order chi connectivity index (χ0) is 6.41. The maximum absolute atomic E-state index is 4.06. The molecule has 0 bridgehead atoms. The van der Waals surface area contributed by atoms with Crippen LogP contribution in [0.25, 0.3) is 0 Å². The second-order valence-electron chi connectivity index (χ2n) is 1.21. The van der Waals surface area contributed by atoms with E-state index in [1.165, 1.54) is 11.9 Å². The van der Waals surface area contributed by atoms with Gasteiger partial charge in [0.1, 0.15) is 0 Å². The summed E-state index contributed by atoms with van der Waals surface area (Å²) in [4.78, 5) is 5.03. The molecule has 8 heavy (non-hydrogen) atoms. The van der Waals surface area contributed by atoms with E-state index < -0.39 is 0 Å². The molecule has 0 aliphatic heterocycles. The van der Waals surface area contributed by atoms with Crippen LogP contribution in [0.3, 0.4) is 0 Å². The summed E-state index contributed by atoms with van der Waals surface area (Å²) in [5.41, 5.74) is 0. The molecule has 0 amide bonds. The van der Waals surface area contributed by atoms with Crippen molar-refractivity contribution in [2.24, 2.45) is 9.39 Å². The van der Waals surface area contributed by atoms with Crippen LogP contribution in [0.5, 0.6) is 0 Å². The Bertz CT molecular complexity index is 102. The maximum Gasteiger partial charge on any atom is 0.174 e. The minimum absolute atomic E-state index is 0.828. The first-order valence-corrected chi connectivity index (χ1v) is 3.22. The number of aliphatic imine (C=N–C) groups is 1. The fraction of sp³-hybridized carbons (Fsp3) is 0.500. The van der Waals surface area contributed by atoms with Crippen LogP contribution in [0.4, 0.5) is 0 Å². The van der Waals surface area contributed by atoms with Gasteiger partial charge in [-0.15, -0.1) is 0 Å². The van der Waals surface area contributed by atoms with Crippen LogP contribution in [0.15, 0.2) is 9.39 Å². The molecule has 0 saturated heterocycles. The van der Waals surface area contributed by atoms with Crippen molar-refractivity contribution >= 4 is 31.5 Å². The zero-order valence-electron chi connectivity index (χ0n) is 5.22. The third-order valence-electron chi connectivity index (χ3n) is 0.577. The Morgan fingerprint density at radius 2 is 2.50 bits per heavy atom. The van der Waals surface area contributed by atoms with Gasteiger partial charge in [0.15, 0.2) is 7.85 Å². The molecule has 44 valence electrons. The first kappa shape index (κ1) is 7.75. The molecule has 0 aromatic heterocycles. The molecule has 0 atom stereocenters. The number of hydrogen-bond acceptors (Lipinski definition) is 3. The van der Waals surface area contributed by atoms with Gasteiger partial charge in [0.2, 0.25) is 0 Å². The third-order valence-corrected chi connectivity index (χ3v) is 1.10. The molecule has 0 fully saturated rings. The summed E-state index contributed by atoms with van der Waals surface area (Å²) in [5, 5.41) is 0. The second-order valence-corrected chi connectivity index (χ2v) is 2.25. The highest BCUT2D eigenvalue weighted by molar-refractivity contribution is 8.15. The first-order chi connectivity index (χ1) is 3.81. The molecule has 0 aliphatic rings. The summed E-state index contributed by atoms with van der Waals surface area (Å²) in [5.74, 6) is 0. The minimum Gasteiger partial charge on any atom is -0.292 e. The van der Waals surface area contributed by atoms with Gasteiger partial charge in [-0.1, -0.05) is 0 Å². The summed E-state index contributed by atoms with van der Waals surface area (Å²) < 4.78 is 3.59. The lowest BCUT2D eigenvalue weighted by Gasteiger charge is -1.88. The third kappa shape index (κ3) is 3.93. The zero-order valence-corrected chi connectivity index (χ0v) is 6.03. The fourth-order valence-corrected chi connectivity index (χ4v) is 0.719. The Hall–Kier alpha value is -0.245. The Kier molecular flexibility index (Phi) is 4.75. The van der Waals surface area contributed by atoms with Gasteiger partial charge < -0.3 is 0 Å². The predicted molar refractivity (Wildman–Crippen MR) is 43.7 cm³/mol. The van der Waals surface area contributed by atoms with E-state index in [4.69, 9.17) is 0 Å². The maximum atomic E-state index is 4.06. The lowest BCUT2D eigenvalue weighted by Crippen LogP contribution is -1.87. The van der Waals surface area contributed by atoms with Crippen molar-refractivity contribution in [3.8, 4) is 0 Å². The van der Waals surface area contributed by atoms with Gasteiger partial charge in [-0.25, -0.2) is 4.40 Å². The first-order valence-electron chi connectivity index (χ1n) is 2.45. The monoisotopic (exact) mass is 128 g/mol. The summed E-state index contributed by atoms with van der Waals surface area (Å²) in [6.45, 7) is 6.14. The van der Waals surface area contributed by atoms with Gasteiger partial charge in [0.25, 0.3) is 0 Å². The number of rotatable bonds is 2. The molecular weight excluding hydrogens is 119 g/mol. The molecule has 0 aromatic rings. The molecule has 0 unspecified atom stereocenters. The normalized spacial score (nSPS) is 11.4. The Morgan fingerprint density at radius 1 is 1.88 bits per heavy atom. The Labute approximate surface area is 55.0 Å². The van der Waals surface area contributed by atoms with E-state index in [2.05, 4.69) is 16.1 Å². The van der Waals surface area contributed by atoms with E-state index in [0.29, 0.717) is 0 Å². The van der Waals surface area contributed by atoms with Crippen molar-refractivity contribution in [2.45, 2.75) is 6.92 Å². The van der Waals surface area contributed by atoms with Crippen LogP contribution in [0.2, 0.25) is 0 Å². The van der Waals surface area contributed by atoms with E-state index in [9.17, 15) is 0 Å². The summed E-state index contributed by atoms with van der Waals surface area (Å²) in [7, 11) is 1.92. The van der Waals surface area contributed by atoms with Gasteiger partial charge in [-0.3, -0.25) is 4.99 Å². The average Bonchev–Trinajstić information content (AvgIpc) is 1.68. The van der Waals surface area contributed by atoms with Gasteiger partial charge >= 0.3 is 0 Å². The highest BCUT2D eigenvalue weighted by atomic mass is 32.2. The molecule has 0 N–H and O–H groups in total. The molecule has 0 heterocycles. The van der Waals surface area contributed by atoms with Crippen molar-refractivity contribution in [1.82, 2.24) is 0 Å². The van der Waals surface area contributed by atoms with Gasteiger partial charge in [0, 0.05) is 23.4 Å². The van der Waals surface area contributed by atoms with Crippen LogP contribution in [0.1, 0.15) is 6.92 Å². The smallest absolute Gasteiger partial charge is 0.174 e. The highest BCUT2D eigenvalue weighted by Gasteiger charge is 1.83. The second kappa shape index (κ2) is 4.90. The molecule has 0 aromatic carbocycles. The molecule has 4 heteroatoms. The van der Waals surface area contributed by atoms with Crippen LogP contribution >= 0.6 is 11.9 Å². The van der Waals surface area contributed by atoms with Crippen molar-refractivity contribution in [2.75, 3.05) is 6.54 Å². The van der Waals surface area contributed by atoms with E-state index in [0.717, 1.165) is 11.5 Å². The highest BCUT2D eigenvalue weighted by Crippen LogP contribution is 1.99. The number of hydrogen-bond donors (Lipinski definition) is 0. The molecule has 2 nitrogen and oxygen atoms in total. The molecule has 0 saturated carbocycles. The molecule has 0 spiro atoms. The van der Waals surface area contributed by atoms with Crippen molar-refractivity contribution in [3.05, 3.63) is 0 Å². The van der Waals surface area contributed by atoms with E-state index >= 15 is 0 Å². The molecule has 0 rings (SSSR count). The standard InChI is InChI=1S/C4H9BN2S/c1-3-7-4(5)8-6-2/h2-3,5H2,1H3/b7-4-. The lowest BCUT2D eigenvalue weighted by molar-refractivity contribution is 1.14. The average molecular weight is 128 g/mol. The Morgan fingerprint density at radius 3 is 2.88 bits per heavy atom. The van der Waals surface area contributed by atoms with Gasteiger partial charge in [0.05, 0.1) is 0 Å². The lowest BCUT2D eigenvalue weighted by atomic mass is 10.2. The van der Waals surface area contributed by atoms with Crippen LogP contribution in [-0.4, -0.2) is 26.1 Å². The quantitative estimate of drug-likeness (QED) is 0.228. The van der Waals surface area contributed by atoms with E-state index in [1.54, 1.807) is 0 Å². The summed E-state index contributed by atoms with van der Waals surface area (Å²) >= 11 is 1.32. The predicted octanol–water partition coefficient (Wildman–Crippen LogP) is 0.344. The van der Waals surface area contributed by atoms with Crippen LogP contribution in [0, 0.1) is 0 Å². The van der Waals surface area contributed by atoms with Crippen molar-refractivity contribution in [1.29, 1.82) is 0 Å². The van der Waals surface area contributed by atoms with Gasteiger partial charge in [-0.2, -0.15) is 0 Å². The summed E-state index contributed by atoms with van der Waals surface area (Å²) in [6, 6.07) is 0.